The van der Waals surface area contributed by atoms with Gasteiger partial charge in [0, 0.05) is 13.1 Å². The third kappa shape index (κ3) is 3.93. The van der Waals surface area contributed by atoms with Crippen LogP contribution >= 0.6 is 15.9 Å². The highest BCUT2D eigenvalue weighted by Gasteiger charge is 2.26. The van der Waals surface area contributed by atoms with Gasteiger partial charge >= 0.3 is 0 Å². The first-order chi connectivity index (χ1) is 9.63. The molecule has 1 aromatic rings. The van der Waals surface area contributed by atoms with Crippen LogP contribution in [0.4, 0.5) is 0 Å². The number of methoxy groups -OCH3 is 1. The maximum Gasteiger partial charge on any atom is 0.133 e. The number of halogens is 1. The lowest BCUT2D eigenvalue weighted by Crippen LogP contribution is -2.54. The molecular formula is C14H22BrN3O2. The first-order valence-electron chi connectivity index (χ1n) is 6.72. The second-order valence-corrected chi connectivity index (χ2v) is 5.97. The molecule has 1 aliphatic rings. The maximum atomic E-state index is 5.83. The van der Waals surface area contributed by atoms with Crippen LogP contribution < -0.4 is 16.0 Å². The Kier molecular flexibility index (Phi) is 5.80. The van der Waals surface area contributed by atoms with Crippen LogP contribution in [0.5, 0.6) is 5.75 Å². The third-order valence-corrected chi connectivity index (χ3v) is 4.25. The number of hydrogen-bond acceptors (Lipinski definition) is 5. The number of likely N-dealkylation sites (N-methyl/N-ethyl adjacent to an activating group) is 1. The second-order valence-electron chi connectivity index (χ2n) is 5.12. The number of nitrogens with two attached hydrogens (primary N) is 1. The molecule has 6 heteroatoms. The molecule has 112 valence electrons. The van der Waals surface area contributed by atoms with E-state index in [2.05, 4.69) is 45.4 Å². The molecule has 0 spiro atoms. The number of hydrazine groups is 1. The third-order valence-electron chi connectivity index (χ3n) is 3.63. The molecule has 0 bridgehead atoms. The summed E-state index contributed by atoms with van der Waals surface area (Å²) in [4.78, 5) is 2.27. The van der Waals surface area contributed by atoms with E-state index in [-0.39, 0.29) is 12.1 Å². The van der Waals surface area contributed by atoms with Crippen molar-refractivity contribution < 1.29 is 9.47 Å². The van der Waals surface area contributed by atoms with E-state index in [1.54, 1.807) is 7.11 Å². The van der Waals surface area contributed by atoms with Crippen molar-refractivity contribution in [2.45, 2.75) is 18.6 Å². The predicted octanol–water partition coefficient (Wildman–Crippen LogP) is 1.16. The number of benzene rings is 1. The van der Waals surface area contributed by atoms with Crippen LogP contribution in [0, 0.1) is 0 Å². The summed E-state index contributed by atoms with van der Waals surface area (Å²) >= 11 is 3.51. The highest BCUT2D eigenvalue weighted by atomic mass is 79.9. The first kappa shape index (κ1) is 15.7. The van der Waals surface area contributed by atoms with Gasteiger partial charge in [0.05, 0.1) is 30.3 Å². The Morgan fingerprint density at radius 3 is 3.00 bits per heavy atom. The SMILES string of the molecule is COc1ccc(CC(NN)C2CN(C)CCO2)cc1Br. The molecule has 1 heterocycles. The molecule has 1 fully saturated rings. The average Bonchev–Trinajstić information content (AvgIpc) is 2.45. The van der Waals surface area contributed by atoms with E-state index in [0.717, 1.165) is 36.3 Å². The minimum atomic E-state index is 0.0954. The summed E-state index contributed by atoms with van der Waals surface area (Å²) < 4.78 is 12.0. The van der Waals surface area contributed by atoms with Crippen LogP contribution in [0.15, 0.2) is 22.7 Å². The minimum absolute atomic E-state index is 0.0954. The summed E-state index contributed by atoms with van der Waals surface area (Å²) in [6, 6.07) is 6.18. The maximum absolute atomic E-state index is 5.83. The van der Waals surface area contributed by atoms with Gasteiger partial charge in [0.1, 0.15) is 5.75 Å². The summed E-state index contributed by atoms with van der Waals surface area (Å²) in [5, 5.41) is 0. The molecule has 1 saturated heterocycles. The van der Waals surface area contributed by atoms with Gasteiger partial charge in [-0.25, -0.2) is 0 Å². The van der Waals surface area contributed by atoms with Crippen molar-refractivity contribution in [3.05, 3.63) is 28.2 Å². The van der Waals surface area contributed by atoms with Crippen molar-refractivity contribution in [1.29, 1.82) is 0 Å². The first-order valence-corrected chi connectivity index (χ1v) is 7.52. The lowest BCUT2D eigenvalue weighted by molar-refractivity contribution is -0.0384. The fourth-order valence-corrected chi connectivity index (χ4v) is 3.03. The van der Waals surface area contributed by atoms with Gasteiger partial charge < -0.3 is 14.4 Å². The van der Waals surface area contributed by atoms with Crippen LogP contribution in [0.1, 0.15) is 5.56 Å². The number of nitrogens with one attached hydrogen (secondary N) is 1. The van der Waals surface area contributed by atoms with E-state index in [0.29, 0.717) is 0 Å². The Hall–Kier alpha value is -0.660. The van der Waals surface area contributed by atoms with Gasteiger partial charge in [0.25, 0.3) is 0 Å². The molecule has 2 atom stereocenters. The molecule has 20 heavy (non-hydrogen) atoms. The van der Waals surface area contributed by atoms with E-state index in [1.165, 1.54) is 5.56 Å². The normalized spacial score (nSPS) is 21.7. The monoisotopic (exact) mass is 343 g/mol. The highest BCUT2D eigenvalue weighted by Crippen LogP contribution is 2.26. The van der Waals surface area contributed by atoms with Crippen molar-refractivity contribution in [3.8, 4) is 5.75 Å². The molecule has 2 rings (SSSR count). The number of ether oxygens (including phenoxy) is 2. The highest BCUT2D eigenvalue weighted by molar-refractivity contribution is 9.10. The Balaban J connectivity index is 2.04. The van der Waals surface area contributed by atoms with Gasteiger partial charge in [-0.2, -0.15) is 0 Å². The molecule has 0 aliphatic carbocycles. The van der Waals surface area contributed by atoms with Crippen molar-refractivity contribution in [3.63, 3.8) is 0 Å². The summed E-state index contributed by atoms with van der Waals surface area (Å²) in [7, 11) is 3.77. The Morgan fingerprint density at radius 1 is 1.60 bits per heavy atom. The lowest BCUT2D eigenvalue weighted by atomic mass is 10.0. The van der Waals surface area contributed by atoms with Crippen molar-refractivity contribution in [2.24, 2.45) is 5.84 Å². The van der Waals surface area contributed by atoms with Crippen molar-refractivity contribution in [2.75, 3.05) is 33.9 Å². The van der Waals surface area contributed by atoms with E-state index in [9.17, 15) is 0 Å². The molecule has 0 saturated carbocycles. The number of hydrogen-bond donors (Lipinski definition) is 2. The molecule has 5 nitrogen and oxygen atoms in total. The number of nitrogens with zero attached hydrogens (tertiary/aromatic N) is 1. The molecule has 0 amide bonds. The molecule has 3 N–H and O–H groups in total. The van der Waals surface area contributed by atoms with E-state index in [1.807, 2.05) is 6.07 Å². The minimum Gasteiger partial charge on any atom is -0.496 e. The Morgan fingerprint density at radius 2 is 2.40 bits per heavy atom. The zero-order chi connectivity index (χ0) is 14.5. The summed E-state index contributed by atoms with van der Waals surface area (Å²) in [5.41, 5.74) is 4.08. The second kappa shape index (κ2) is 7.38. The molecule has 2 unspecified atom stereocenters. The van der Waals surface area contributed by atoms with Crippen LogP contribution in [0.2, 0.25) is 0 Å². The van der Waals surface area contributed by atoms with Gasteiger partial charge in [-0.1, -0.05) is 6.07 Å². The lowest BCUT2D eigenvalue weighted by Gasteiger charge is -2.35. The fraction of sp³-hybridized carbons (Fsp3) is 0.571. The average molecular weight is 344 g/mol. The number of morpholine rings is 1. The topological polar surface area (TPSA) is 59.8 Å². The largest absolute Gasteiger partial charge is 0.496 e. The van der Waals surface area contributed by atoms with Crippen LogP contribution in [-0.4, -0.2) is 50.9 Å². The summed E-state index contributed by atoms with van der Waals surface area (Å²) in [6.07, 6.45) is 0.928. The summed E-state index contributed by atoms with van der Waals surface area (Å²) in [6.45, 7) is 2.62. The Bertz CT molecular complexity index is 444. The van der Waals surface area contributed by atoms with E-state index >= 15 is 0 Å². The molecular weight excluding hydrogens is 322 g/mol. The van der Waals surface area contributed by atoms with Gasteiger partial charge in [0.15, 0.2) is 0 Å². The smallest absolute Gasteiger partial charge is 0.133 e. The van der Waals surface area contributed by atoms with Crippen LogP contribution in [0.25, 0.3) is 0 Å². The van der Waals surface area contributed by atoms with Gasteiger partial charge in [0.2, 0.25) is 0 Å². The Labute approximate surface area is 128 Å². The van der Waals surface area contributed by atoms with E-state index in [4.69, 9.17) is 15.3 Å². The van der Waals surface area contributed by atoms with E-state index < -0.39 is 0 Å². The predicted molar refractivity (Wildman–Crippen MR) is 82.7 cm³/mol. The zero-order valence-electron chi connectivity index (χ0n) is 11.9. The number of rotatable bonds is 5. The molecule has 0 aromatic heterocycles. The zero-order valence-corrected chi connectivity index (χ0v) is 13.5. The van der Waals surface area contributed by atoms with Crippen molar-refractivity contribution in [1.82, 2.24) is 10.3 Å². The summed E-state index contributed by atoms with van der Waals surface area (Å²) in [5.74, 6) is 6.54. The van der Waals surface area contributed by atoms with Gasteiger partial charge in [-0.15, -0.1) is 0 Å². The van der Waals surface area contributed by atoms with Gasteiger partial charge in [-0.05, 0) is 47.1 Å². The van der Waals surface area contributed by atoms with Crippen molar-refractivity contribution >= 4 is 15.9 Å². The quantitative estimate of drug-likeness (QED) is 0.620. The molecule has 0 radical (unpaired) electrons. The molecule has 1 aromatic carbocycles. The van der Waals surface area contributed by atoms with Crippen LogP contribution in [0.3, 0.4) is 0 Å². The van der Waals surface area contributed by atoms with Crippen LogP contribution in [-0.2, 0) is 11.2 Å². The fourth-order valence-electron chi connectivity index (χ4n) is 2.44. The van der Waals surface area contributed by atoms with Gasteiger partial charge in [-0.3, -0.25) is 11.3 Å². The standard InChI is InChI=1S/C14H22BrN3O2/c1-18-5-6-20-14(9-18)12(17-16)8-10-3-4-13(19-2)11(15)7-10/h3-4,7,12,14,17H,5-6,8-9,16H2,1-2H3. The molecule has 1 aliphatic heterocycles.